The quantitative estimate of drug-likeness (QED) is 0.770. The van der Waals surface area contributed by atoms with E-state index >= 15 is 0 Å². The van der Waals surface area contributed by atoms with E-state index in [-0.39, 0.29) is 12.4 Å². The third-order valence-corrected chi connectivity index (χ3v) is 1.72. The van der Waals surface area contributed by atoms with Crippen LogP contribution in [0.3, 0.4) is 0 Å². The van der Waals surface area contributed by atoms with Gasteiger partial charge in [-0.1, -0.05) is 0 Å². The van der Waals surface area contributed by atoms with Gasteiger partial charge in [-0.25, -0.2) is 8.78 Å². The predicted octanol–water partition coefficient (Wildman–Crippen LogP) is 0.419. The normalized spacial score (nSPS) is 9.94. The van der Waals surface area contributed by atoms with Crippen LogP contribution in [0, 0.1) is 11.6 Å². The van der Waals surface area contributed by atoms with E-state index in [1.54, 1.807) is 0 Å². The third kappa shape index (κ3) is 3.82. The lowest BCUT2D eigenvalue weighted by atomic mass is 10.3. The minimum absolute atomic E-state index is 0.163. The van der Waals surface area contributed by atoms with Crippen molar-refractivity contribution in [2.24, 2.45) is 5.73 Å². The number of nitrogens with one attached hydrogen (secondary N) is 1. The molecule has 88 valence electrons. The molecule has 0 atom stereocenters. The minimum Gasteiger partial charge on any atom is -0.481 e. The van der Waals surface area contributed by atoms with Crippen molar-refractivity contribution in [1.29, 1.82) is 0 Å². The number of benzene rings is 1. The minimum atomic E-state index is -0.841. The average molecular weight is 230 g/mol. The van der Waals surface area contributed by atoms with E-state index in [9.17, 15) is 13.6 Å². The molecule has 6 heteroatoms. The van der Waals surface area contributed by atoms with Gasteiger partial charge in [0.2, 0.25) is 0 Å². The smallest absolute Gasteiger partial charge is 0.257 e. The molecule has 16 heavy (non-hydrogen) atoms. The van der Waals surface area contributed by atoms with Crippen LogP contribution in [-0.4, -0.2) is 25.6 Å². The van der Waals surface area contributed by atoms with E-state index in [0.29, 0.717) is 19.2 Å². The summed E-state index contributed by atoms with van der Waals surface area (Å²) in [6.45, 7) is 0.313. The first kappa shape index (κ1) is 12.4. The van der Waals surface area contributed by atoms with E-state index < -0.39 is 17.5 Å². The van der Waals surface area contributed by atoms with E-state index in [4.69, 9.17) is 10.5 Å². The zero-order valence-corrected chi connectivity index (χ0v) is 8.50. The molecule has 0 spiro atoms. The molecule has 0 bridgehead atoms. The molecule has 0 fully saturated rings. The highest BCUT2D eigenvalue weighted by Gasteiger charge is 2.07. The Labute approximate surface area is 91.4 Å². The summed E-state index contributed by atoms with van der Waals surface area (Å²) in [5, 5.41) is 2.45. The first-order valence-electron chi connectivity index (χ1n) is 4.68. The number of nitrogens with two attached hydrogens (primary N) is 1. The standard InChI is InChI=1S/C10H12F2N2O2/c11-7-1-2-9(8(12)5-7)16-6-10(15)14-4-3-13/h1-2,5H,3-4,6,13H2,(H,14,15). The summed E-state index contributed by atoms with van der Waals surface area (Å²) >= 11 is 0. The maximum atomic E-state index is 13.0. The molecule has 0 aliphatic rings. The summed E-state index contributed by atoms with van der Waals surface area (Å²) in [5.74, 6) is -2.11. The zero-order valence-electron chi connectivity index (χ0n) is 8.50. The van der Waals surface area contributed by atoms with Crippen LogP contribution in [0.2, 0.25) is 0 Å². The number of ether oxygens (including phenoxy) is 1. The summed E-state index contributed by atoms with van der Waals surface area (Å²) in [6.07, 6.45) is 0. The molecule has 3 N–H and O–H groups in total. The average Bonchev–Trinajstić information content (AvgIpc) is 2.25. The van der Waals surface area contributed by atoms with Gasteiger partial charge >= 0.3 is 0 Å². The van der Waals surface area contributed by atoms with Gasteiger partial charge in [0.15, 0.2) is 18.2 Å². The summed E-state index contributed by atoms with van der Waals surface area (Å²) < 4.78 is 30.4. The Bertz CT molecular complexity index is 372. The second kappa shape index (κ2) is 6.02. The van der Waals surface area contributed by atoms with Crippen molar-refractivity contribution in [3.8, 4) is 5.75 Å². The Hall–Kier alpha value is -1.69. The molecular weight excluding hydrogens is 218 g/mol. The molecule has 1 amide bonds. The molecule has 0 saturated heterocycles. The van der Waals surface area contributed by atoms with Crippen molar-refractivity contribution in [2.75, 3.05) is 19.7 Å². The van der Waals surface area contributed by atoms with Gasteiger partial charge < -0.3 is 15.8 Å². The van der Waals surface area contributed by atoms with Crippen molar-refractivity contribution in [2.45, 2.75) is 0 Å². The summed E-state index contributed by atoms with van der Waals surface area (Å²) in [4.78, 5) is 11.1. The molecule has 0 heterocycles. The van der Waals surface area contributed by atoms with Crippen LogP contribution in [0.4, 0.5) is 8.78 Å². The molecule has 1 rings (SSSR count). The van der Waals surface area contributed by atoms with E-state index in [1.807, 2.05) is 0 Å². The third-order valence-electron chi connectivity index (χ3n) is 1.72. The lowest BCUT2D eigenvalue weighted by molar-refractivity contribution is -0.123. The molecule has 1 aromatic rings. The van der Waals surface area contributed by atoms with Gasteiger partial charge in [0.1, 0.15) is 5.82 Å². The molecule has 0 radical (unpaired) electrons. The monoisotopic (exact) mass is 230 g/mol. The number of halogens is 2. The Balaban J connectivity index is 2.45. The van der Waals surface area contributed by atoms with Gasteiger partial charge in [-0.05, 0) is 12.1 Å². The largest absolute Gasteiger partial charge is 0.481 e. The fourth-order valence-electron chi connectivity index (χ4n) is 0.998. The number of amides is 1. The lowest BCUT2D eigenvalue weighted by Gasteiger charge is -2.07. The fourth-order valence-corrected chi connectivity index (χ4v) is 0.998. The highest BCUT2D eigenvalue weighted by molar-refractivity contribution is 5.77. The van der Waals surface area contributed by atoms with Crippen molar-refractivity contribution in [3.63, 3.8) is 0 Å². The maximum absolute atomic E-state index is 13.0. The van der Waals surface area contributed by atoms with Crippen LogP contribution in [-0.2, 0) is 4.79 Å². The van der Waals surface area contributed by atoms with Crippen LogP contribution in [0.25, 0.3) is 0 Å². The van der Waals surface area contributed by atoms with E-state index in [0.717, 1.165) is 12.1 Å². The van der Waals surface area contributed by atoms with Crippen molar-refractivity contribution in [1.82, 2.24) is 5.32 Å². The highest BCUT2D eigenvalue weighted by Crippen LogP contribution is 2.17. The van der Waals surface area contributed by atoms with Gasteiger partial charge in [-0.2, -0.15) is 0 Å². The second-order valence-corrected chi connectivity index (χ2v) is 3.00. The van der Waals surface area contributed by atoms with Crippen LogP contribution >= 0.6 is 0 Å². The summed E-state index contributed by atoms with van der Waals surface area (Å²) in [5.41, 5.74) is 5.17. The van der Waals surface area contributed by atoms with Crippen molar-refractivity contribution >= 4 is 5.91 Å². The molecule has 0 aliphatic heterocycles. The lowest BCUT2D eigenvalue weighted by Crippen LogP contribution is -2.33. The number of hydrogen-bond donors (Lipinski definition) is 2. The molecule has 0 saturated carbocycles. The van der Waals surface area contributed by atoms with Crippen molar-refractivity contribution < 1.29 is 18.3 Å². The molecule has 4 nitrogen and oxygen atoms in total. The maximum Gasteiger partial charge on any atom is 0.257 e. The van der Waals surface area contributed by atoms with Crippen LogP contribution in [0.1, 0.15) is 0 Å². The zero-order chi connectivity index (χ0) is 12.0. The molecular formula is C10H12F2N2O2. The first-order valence-corrected chi connectivity index (χ1v) is 4.68. The van der Waals surface area contributed by atoms with E-state index in [1.165, 1.54) is 0 Å². The first-order chi connectivity index (χ1) is 7.63. The molecule has 0 aliphatic carbocycles. The number of rotatable bonds is 5. The summed E-state index contributed by atoms with van der Waals surface area (Å²) in [7, 11) is 0. The molecule has 1 aromatic carbocycles. The van der Waals surface area contributed by atoms with Gasteiger partial charge in [0.25, 0.3) is 5.91 Å². The van der Waals surface area contributed by atoms with Gasteiger partial charge in [-0.15, -0.1) is 0 Å². The predicted molar refractivity (Wildman–Crippen MR) is 53.9 cm³/mol. The molecule has 0 unspecified atom stereocenters. The number of carbonyl (C=O) groups excluding carboxylic acids is 1. The van der Waals surface area contributed by atoms with E-state index in [2.05, 4.69) is 5.32 Å². The van der Waals surface area contributed by atoms with Gasteiger partial charge in [0, 0.05) is 19.2 Å². The second-order valence-electron chi connectivity index (χ2n) is 3.00. The van der Waals surface area contributed by atoms with Crippen LogP contribution in [0.5, 0.6) is 5.75 Å². The Morgan fingerprint density at radius 1 is 1.44 bits per heavy atom. The topological polar surface area (TPSA) is 64.3 Å². The van der Waals surface area contributed by atoms with Gasteiger partial charge in [0.05, 0.1) is 0 Å². The number of hydrogen-bond acceptors (Lipinski definition) is 3. The number of carbonyl (C=O) groups is 1. The highest BCUT2D eigenvalue weighted by atomic mass is 19.1. The summed E-state index contributed by atoms with van der Waals surface area (Å²) in [6, 6.07) is 2.87. The SMILES string of the molecule is NCCNC(=O)COc1ccc(F)cc1F. The fraction of sp³-hybridized carbons (Fsp3) is 0.300. The van der Waals surface area contributed by atoms with Gasteiger partial charge in [-0.3, -0.25) is 4.79 Å². The Morgan fingerprint density at radius 3 is 2.81 bits per heavy atom. The Morgan fingerprint density at radius 2 is 2.19 bits per heavy atom. The van der Waals surface area contributed by atoms with Crippen molar-refractivity contribution in [3.05, 3.63) is 29.8 Å². The molecule has 0 aromatic heterocycles. The van der Waals surface area contributed by atoms with Crippen LogP contribution < -0.4 is 15.8 Å². The van der Waals surface area contributed by atoms with Crippen LogP contribution in [0.15, 0.2) is 18.2 Å². The Kier molecular flexibility index (Phi) is 4.65.